The summed E-state index contributed by atoms with van der Waals surface area (Å²) in [5.74, 6) is -0.219. The van der Waals surface area contributed by atoms with Gasteiger partial charge < -0.3 is 10.1 Å². The fourth-order valence-corrected chi connectivity index (χ4v) is 2.05. The molecule has 0 amide bonds. The number of aryl methyl sites for hydroxylation is 2. The van der Waals surface area contributed by atoms with Crippen LogP contribution in [-0.2, 0) is 16.1 Å². The lowest BCUT2D eigenvalue weighted by Gasteiger charge is -2.28. The summed E-state index contributed by atoms with van der Waals surface area (Å²) in [6.45, 7) is 9.38. The quantitative estimate of drug-likeness (QED) is 0.750. The number of ether oxygens (including phenoxy) is 1. The minimum absolute atomic E-state index is 0.219. The Hall–Kier alpha value is -1.07. The summed E-state index contributed by atoms with van der Waals surface area (Å²) in [6, 6.07) is 0. The number of hydrogen-bond donors (Lipinski definition) is 1. The van der Waals surface area contributed by atoms with Crippen molar-refractivity contribution in [3.05, 3.63) is 16.9 Å². The number of hydrogen-bond acceptors (Lipinski definition) is 4. The zero-order valence-corrected chi connectivity index (χ0v) is 13.5. The predicted octanol–water partition coefficient (Wildman–Crippen LogP) is 2.56. The van der Waals surface area contributed by atoms with Gasteiger partial charge in [0.25, 0.3) is 0 Å². The summed E-state index contributed by atoms with van der Waals surface area (Å²) in [5.41, 5.74) is 0.101. The largest absolute Gasteiger partial charge is 0.465 e. The van der Waals surface area contributed by atoms with Crippen molar-refractivity contribution in [2.45, 2.75) is 52.6 Å². The van der Waals surface area contributed by atoms with Crippen LogP contribution in [0.15, 0.2) is 6.20 Å². The lowest BCUT2D eigenvalue weighted by atomic mass is 9.97. The smallest absolute Gasteiger partial charge is 0.326 e. The summed E-state index contributed by atoms with van der Waals surface area (Å²) in [7, 11) is 0. The van der Waals surface area contributed by atoms with E-state index in [9.17, 15) is 4.79 Å². The molecule has 0 aliphatic rings. The average Bonchev–Trinajstić information content (AvgIpc) is 2.73. The molecule has 0 saturated carbocycles. The number of aromatic nitrogens is 2. The molecular formula is C14H24ClN3O2. The average molecular weight is 302 g/mol. The molecule has 1 heterocycles. The number of halogens is 1. The molecule has 1 aromatic rings. The van der Waals surface area contributed by atoms with Crippen LogP contribution in [0.25, 0.3) is 0 Å². The van der Waals surface area contributed by atoms with Gasteiger partial charge in [0.15, 0.2) is 0 Å². The van der Waals surface area contributed by atoms with Crippen molar-refractivity contribution in [1.82, 2.24) is 15.1 Å². The van der Waals surface area contributed by atoms with E-state index in [1.54, 1.807) is 10.9 Å². The van der Waals surface area contributed by atoms with Crippen LogP contribution in [0.1, 0.15) is 39.3 Å². The Morgan fingerprint density at radius 1 is 1.55 bits per heavy atom. The van der Waals surface area contributed by atoms with Gasteiger partial charge >= 0.3 is 5.97 Å². The molecule has 20 heavy (non-hydrogen) atoms. The molecule has 5 nitrogen and oxygen atoms in total. The molecule has 6 heteroatoms. The molecule has 0 aliphatic carbocycles. The summed E-state index contributed by atoms with van der Waals surface area (Å²) < 4.78 is 6.93. The first-order chi connectivity index (χ1) is 9.42. The van der Waals surface area contributed by atoms with E-state index in [1.807, 2.05) is 20.8 Å². The van der Waals surface area contributed by atoms with Crippen molar-refractivity contribution in [2.75, 3.05) is 13.2 Å². The van der Waals surface area contributed by atoms with Crippen molar-refractivity contribution in [3.63, 3.8) is 0 Å². The highest BCUT2D eigenvalue weighted by molar-refractivity contribution is 6.31. The second-order valence-corrected chi connectivity index (χ2v) is 5.46. The van der Waals surface area contributed by atoms with Crippen LogP contribution in [0.3, 0.4) is 0 Å². The molecule has 0 bridgehead atoms. The molecule has 1 rings (SSSR count). The van der Waals surface area contributed by atoms with Crippen molar-refractivity contribution < 1.29 is 9.53 Å². The first-order valence-electron chi connectivity index (χ1n) is 7.04. The van der Waals surface area contributed by atoms with E-state index in [0.29, 0.717) is 24.6 Å². The molecular weight excluding hydrogens is 278 g/mol. The van der Waals surface area contributed by atoms with Crippen LogP contribution >= 0.6 is 11.6 Å². The lowest BCUT2D eigenvalue weighted by molar-refractivity contribution is -0.151. The van der Waals surface area contributed by atoms with Gasteiger partial charge in [-0.25, -0.2) is 0 Å². The number of rotatable bonds is 8. The molecule has 114 valence electrons. The van der Waals surface area contributed by atoms with E-state index in [4.69, 9.17) is 16.3 Å². The zero-order valence-electron chi connectivity index (χ0n) is 12.7. The van der Waals surface area contributed by atoms with Gasteiger partial charge in [-0.1, -0.05) is 18.5 Å². The molecule has 1 atom stereocenters. The molecule has 1 N–H and O–H groups in total. The van der Waals surface area contributed by atoms with Crippen LogP contribution < -0.4 is 5.32 Å². The Morgan fingerprint density at radius 2 is 2.25 bits per heavy atom. The van der Waals surface area contributed by atoms with Gasteiger partial charge in [0.05, 0.1) is 17.3 Å². The van der Waals surface area contributed by atoms with Crippen LogP contribution in [-0.4, -0.2) is 34.4 Å². The fraction of sp³-hybridized carbons (Fsp3) is 0.714. The van der Waals surface area contributed by atoms with Gasteiger partial charge in [0.2, 0.25) is 0 Å². The highest BCUT2D eigenvalue weighted by Gasteiger charge is 2.33. The number of carbonyl (C=O) groups excluding carboxylic acids is 1. The fourth-order valence-electron chi connectivity index (χ4n) is 1.90. The van der Waals surface area contributed by atoms with Gasteiger partial charge in [-0.15, -0.1) is 0 Å². The van der Waals surface area contributed by atoms with E-state index in [1.165, 1.54) is 0 Å². The number of carbonyl (C=O) groups is 1. The third kappa shape index (κ3) is 4.49. The van der Waals surface area contributed by atoms with Crippen LogP contribution in [0.4, 0.5) is 0 Å². The minimum atomic E-state index is -0.696. The normalized spacial score (nSPS) is 14.1. The standard InChI is InChI=1S/C14H24ClN3O2/c1-5-8-16-14(4,13(19)20-6-2)7-9-18-10-12(15)11(3)17-18/h10,16H,5-9H2,1-4H3. The summed E-state index contributed by atoms with van der Waals surface area (Å²) in [5, 5.41) is 8.22. The number of nitrogens with one attached hydrogen (secondary N) is 1. The lowest BCUT2D eigenvalue weighted by Crippen LogP contribution is -2.51. The Labute approximate surface area is 125 Å². The van der Waals surface area contributed by atoms with E-state index in [-0.39, 0.29) is 5.97 Å². The van der Waals surface area contributed by atoms with Gasteiger partial charge in [-0.3, -0.25) is 9.48 Å². The number of nitrogens with zero attached hydrogens (tertiary/aromatic N) is 2. The third-order valence-electron chi connectivity index (χ3n) is 3.22. The Balaban J connectivity index is 2.71. The van der Waals surface area contributed by atoms with Gasteiger partial charge in [0.1, 0.15) is 5.54 Å². The predicted molar refractivity (Wildman–Crippen MR) is 79.9 cm³/mol. The van der Waals surface area contributed by atoms with E-state index in [2.05, 4.69) is 17.3 Å². The van der Waals surface area contributed by atoms with Crippen molar-refractivity contribution in [1.29, 1.82) is 0 Å². The second kappa shape index (κ2) is 7.64. The van der Waals surface area contributed by atoms with Crippen molar-refractivity contribution in [2.24, 2.45) is 0 Å². The van der Waals surface area contributed by atoms with Crippen molar-refractivity contribution in [3.8, 4) is 0 Å². The number of esters is 1. The molecule has 0 spiro atoms. The molecule has 0 radical (unpaired) electrons. The Morgan fingerprint density at radius 3 is 2.75 bits per heavy atom. The van der Waals surface area contributed by atoms with E-state index < -0.39 is 5.54 Å². The first-order valence-corrected chi connectivity index (χ1v) is 7.42. The SMILES string of the molecule is CCCNC(C)(CCn1cc(Cl)c(C)n1)C(=O)OCC. The van der Waals surface area contributed by atoms with Gasteiger partial charge in [0, 0.05) is 12.7 Å². The molecule has 0 saturated heterocycles. The zero-order chi connectivity index (χ0) is 15.2. The highest BCUT2D eigenvalue weighted by Crippen LogP contribution is 2.17. The molecule has 0 aliphatic heterocycles. The van der Waals surface area contributed by atoms with Crippen molar-refractivity contribution >= 4 is 17.6 Å². The molecule has 0 fully saturated rings. The Bertz CT molecular complexity index is 428. The van der Waals surface area contributed by atoms with Gasteiger partial charge in [-0.05, 0) is 40.2 Å². The maximum atomic E-state index is 12.1. The van der Waals surface area contributed by atoms with E-state index >= 15 is 0 Å². The van der Waals surface area contributed by atoms with Crippen LogP contribution in [0, 0.1) is 6.92 Å². The topological polar surface area (TPSA) is 56.2 Å². The summed E-state index contributed by atoms with van der Waals surface area (Å²) >= 11 is 5.98. The second-order valence-electron chi connectivity index (χ2n) is 5.05. The van der Waals surface area contributed by atoms with E-state index in [0.717, 1.165) is 18.7 Å². The summed E-state index contributed by atoms with van der Waals surface area (Å²) in [6.07, 6.45) is 3.34. The summed E-state index contributed by atoms with van der Waals surface area (Å²) in [4.78, 5) is 12.1. The highest BCUT2D eigenvalue weighted by atomic mass is 35.5. The maximum absolute atomic E-state index is 12.1. The Kier molecular flexibility index (Phi) is 6.49. The minimum Gasteiger partial charge on any atom is -0.465 e. The third-order valence-corrected chi connectivity index (χ3v) is 3.59. The van der Waals surface area contributed by atoms with Crippen LogP contribution in [0.5, 0.6) is 0 Å². The van der Waals surface area contributed by atoms with Gasteiger partial charge in [-0.2, -0.15) is 5.10 Å². The molecule has 0 aromatic carbocycles. The van der Waals surface area contributed by atoms with Crippen LogP contribution in [0.2, 0.25) is 5.02 Å². The molecule has 1 aromatic heterocycles. The molecule has 1 unspecified atom stereocenters. The monoisotopic (exact) mass is 301 g/mol. The first kappa shape index (κ1) is 17.0. The maximum Gasteiger partial charge on any atom is 0.326 e.